The smallest absolute Gasteiger partial charge is 0.315 e. The Kier molecular flexibility index (Phi) is 3.38. The van der Waals surface area contributed by atoms with Gasteiger partial charge in [-0.2, -0.15) is 0 Å². The summed E-state index contributed by atoms with van der Waals surface area (Å²) in [6.07, 6.45) is 0. The van der Waals surface area contributed by atoms with Gasteiger partial charge in [-0.05, 0) is 26.8 Å². The van der Waals surface area contributed by atoms with E-state index in [1.54, 1.807) is 0 Å². The number of hydrogen-bond acceptors (Lipinski definition) is 5. The SMILES string of the molecule is Cc1cc(C(C)Nc2nnc(CCl)o2)c(C)o1. The largest absolute Gasteiger partial charge is 0.466 e. The van der Waals surface area contributed by atoms with E-state index in [4.69, 9.17) is 20.4 Å². The molecule has 0 amide bonds. The molecule has 0 aliphatic heterocycles. The molecule has 2 rings (SSSR count). The Morgan fingerprint density at radius 3 is 2.65 bits per heavy atom. The fraction of sp³-hybridized carbons (Fsp3) is 0.455. The molecule has 0 aromatic carbocycles. The molecule has 5 nitrogen and oxygen atoms in total. The van der Waals surface area contributed by atoms with Gasteiger partial charge in [-0.1, -0.05) is 5.10 Å². The van der Waals surface area contributed by atoms with Gasteiger partial charge in [0.2, 0.25) is 5.89 Å². The van der Waals surface area contributed by atoms with E-state index in [0.29, 0.717) is 11.9 Å². The Bertz CT molecular complexity index is 507. The van der Waals surface area contributed by atoms with Crippen LogP contribution in [0.4, 0.5) is 6.01 Å². The summed E-state index contributed by atoms with van der Waals surface area (Å²) in [6.45, 7) is 5.85. The Balaban J connectivity index is 2.11. The van der Waals surface area contributed by atoms with Crippen molar-refractivity contribution in [1.82, 2.24) is 10.2 Å². The summed E-state index contributed by atoms with van der Waals surface area (Å²) in [7, 11) is 0. The third-order valence-corrected chi connectivity index (χ3v) is 2.70. The highest BCUT2D eigenvalue weighted by molar-refractivity contribution is 6.16. The number of halogens is 1. The van der Waals surface area contributed by atoms with Crippen molar-refractivity contribution in [1.29, 1.82) is 0 Å². The Morgan fingerprint density at radius 2 is 2.12 bits per heavy atom. The molecule has 92 valence electrons. The van der Waals surface area contributed by atoms with E-state index in [0.717, 1.165) is 17.1 Å². The minimum Gasteiger partial charge on any atom is -0.466 e. The van der Waals surface area contributed by atoms with Crippen molar-refractivity contribution in [2.45, 2.75) is 32.7 Å². The zero-order valence-electron chi connectivity index (χ0n) is 9.95. The molecule has 0 aliphatic carbocycles. The van der Waals surface area contributed by atoms with Gasteiger partial charge in [-0.15, -0.1) is 16.7 Å². The summed E-state index contributed by atoms with van der Waals surface area (Å²) in [4.78, 5) is 0. The minimum atomic E-state index is 0.0380. The fourth-order valence-corrected chi connectivity index (χ4v) is 1.82. The first-order valence-corrected chi connectivity index (χ1v) is 5.85. The van der Waals surface area contributed by atoms with E-state index >= 15 is 0 Å². The van der Waals surface area contributed by atoms with Gasteiger partial charge in [0.15, 0.2) is 0 Å². The molecule has 0 saturated carbocycles. The van der Waals surface area contributed by atoms with Crippen molar-refractivity contribution in [3.05, 3.63) is 29.0 Å². The van der Waals surface area contributed by atoms with Crippen LogP contribution in [0.1, 0.15) is 35.9 Å². The lowest BCUT2D eigenvalue weighted by Crippen LogP contribution is -2.07. The molecule has 1 atom stereocenters. The third-order valence-electron chi connectivity index (χ3n) is 2.47. The number of aryl methyl sites for hydroxylation is 2. The number of nitrogens with one attached hydrogen (secondary N) is 1. The van der Waals surface area contributed by atoms with Crippen LogP contribution in [0.2, 0.25) is 0 Å². The van der Waals surface area contributed by atoms with Crippen LogP contribution in [0.3, 0.4) is 0 Å². The van der Waals surface area contributed by atoms with Gasteiger partial charge in [0.1, 0.15) is 17.4 Å². The van der Waals surface area contributed by atoms with Crippen molar-refractivity contribution in [2.24, 2.45) is 0 Å². The molecule has 0 spiro atoms. The Labute approximate surface area is 104 Å². The summed E-state index contributed by atoms with van der Waals surface area (Å²) >= 11 is 5.58. The lowest BCUT2D eigenvalue weighted by molar-refractivity contribution is 0.497. The highest BCUT2D eigenvalue weighted by atomic mass is 35.5. The summed E-state index contributed by atoms with van der Waals surface area (Å²) in [6, 6.07) is 2.40. The summed E-state index contributed by atoms with van der Waals surface area (Å²) in [5.74, 6) is 2.39. The van der Waals surface area contributed by atoms with Gasteiger partial charge in [-0.25, -0.2) is 0 Å². The third kappa shape index (κ3) is 2.61. The van der Waals surface area contributed by atoms with Crippen molar-refractivity contribution in [3.8, 4) is 0 Å². The summed E-state index contributed by atoms with van der Waals surface area (Å²) in [5.41, 5.74) is 1.08. The maximum absolute atomic E-state index is 5.58. The van der Waals surface area contributed by atoms with Gasteiger partial charge in [-0.3, -0.25) is 0 Å². The summed E-state index contributed by atoms with van der Waals surface area (Å²) < 4.78 is 10.7. The number of rotatable bonds is 4. The molecular formula is C11H14ClN3O2. The lowest BCUT2D eigenvalue weighted by atomic mass is 10.1. The normalized spacial score (nSPS) is 12.7. The van der Waals surface area contributed by atoms with Crippen molar-refractivity contribution < 1.29 is 8.83 Å². The van der Waals surface area contributed by atoms with Crippen molar-refractivity contribution in [2.75, 3.05) is 5.32 Å². The second kappa shape index (κ2) is 4.79. The van der Waals surface area contributed by atoms with Crippen LogP contribution >= 0.6 is 11.6 Å². The topological polar surface area (TPSA) is 64.1 Å². The van der Waals surface area contributed by atoms with Gasteiger partial charge in [0, 0.05) is 5.56 Å². The molecule has 2 aromatic heterocycles. The highest BCUT2D eigenvalue weighted by Crippen LogP contribution is 2.24. The number of alkyl halides is 1. The van der Waals surface area contributed by atoms with Crippen LogP contribution in [-0.2, 0) is 5.88 Å². The quantitative estimate of drug-likeness (QED) is 0.850. The van der Waals surface area contributed by atoms with E-state index in [9.17, 15) is 0 Å². The van der Waals surface area contributed by atoms with Gasteiger partial charge in [0.05, 0.1) is 6.04 Å². The molecule has 0 fully saturated rings. The number of furan rings is 1. The summed E-state index contributed by atoms with van der Waals surface area (Å²) in [5, 5.41) is 10.7. The second-order valence-electron chi connectivity index (χ2n) is 3.87. The van der Waals surface area contributed by atoms with Crippen LogP contribution in [0.25, 0.3) is 0 Å². The minimum absolute atomic E-state index is 0.0380. The predicted molar refractivity (Wildman–Crippen MR) is 64.1 cm³/mol. The second-order valence-corrected chi connectivity index (χ2v) is 4.14. The molecule has 2 heterocycles. The highest BCUT2D eigenvalue weighted by Gasteiger charge is 2.15. The number of hydrogen-bond donors (Lipinski definition) is 1. The van der Waals surface area contributed by atoms with Crippen LogP contribution in [-0.4, -0.2) is 10.2 Å². The molecule has 1 N–H and O–H groups in total. The first-order valence-electron chi connectivity index (χ1n) is 5.32. The first kappa shape index (κ1) is 12.0. The van der Waals surface area contributed by atoms with Crippen LogP contribution in [0, 0.1) is 13.8 Å². The predicted octanol–water partition coefficient (Wildman–Crippen LogP) is 3.19. The average molecular weight is 256 g/mol. The molecule has 6 heteroatoms. The van der Waals surface area contributed by atoms with Gasteiger partial charge >= 0.3 is 6.01 Å². The van der Waals surface area contributed by atoms with E-state index in [-0.39, 0.29) is 11.9 Å². The number of nitrogens with zero attached hydrogens (tertiary/aromatic N) is 2. The molecule has 0 aliphatic rings. The molecule has 17 heavy (non-hydrogen) atoms. The van der Waals surface area contributed by atoms with E-state index < -0.39 is 0 Å². The number of aromatic nitrogens is 2. The molecular weight excluding hydrogens is 242 g/mol. The van der Waals surface area contributed by atoms with E-state index in [2.05, 4.69) is 15.5 Å². The first-order chi connectivity index (χ1) is 8.10. The molecule has 0 bridgehead atoms. The lowest BCUT2D eigenvalue weighted by Gasteiger charge is -2.10. The van der Waals surface area contributed by atoms with Crippen LogP contribution in [0.15, 0.2) is 14.9 Å². The van der Waals surface area contributed by atoms with Crippen molar-refractivity contribution >= 4 is 17.6 Å². The van der Waals surface area contributed by atoms with E-state index in [1.165, 1.54) is 0 Å². The molecule has 1 unspecified atom stereocenters. The average Bonchev–Trinajstić information content (AvgIpc) is 2.85. The molecule has 2 aromatic rings. The number of anilines is 1. The van der Waals surface area contributed by atoms with Crippen molar-refractivity contribution in [3.63, 3.8) is 0 Å². The Morgan fingerprint density at radius 1 is 1.35 bits per heavy atom. The van der Waals surface area contributed by atoms with Crippen LogP contribution in [0.5, 0.6) is 0 Å². The Hall–Kier alpha value is -1.49. The van der Waals surface area contributed by atoms with E-state index in [1.807, 2.05) is 26.8 Å². The molecule has 0 radical (unpaired) electrons. The zero-order valence-corrected chi connectivity index (χ0v) is 10.7. The van der Waals surface area contributed by atoms with Gasteiger partial charge < -0.3 is 14.2 Å². The fourth-order valence-electron chi connectivity index (χ4n) is 1.71. The maximum Gasteiger partial charge on any atom is 0.315 e. The monoisotopic (exact) mass is 255 g/mol. The molecule has 0 saturated heterocycles. The zero-order chi connectivity index (χ0) is 12.4. The van der Waals surface area contributed by atoms with Crippen LogP contribution < -0.4 is 5.32 Å². The van der Waals surface area contributed by atoms with Gasteiger partial charge in [0.25, 0.3) is 0 Å². The standard InChI is InChI=1S/C11H14ClN3O2/c1-6-4-9(8(3)16-6)7(2)13-11-15-14-10(5-12)17-11/h4,7H,5H2,1-3H3,(H,13,15). The maximum atomic E-state index is 5.58.